The van der Waals surface area contributed by atoms with Crippen molar-refractivity contribution in [2.24, 2.45) is 0 Å². The highest BCUT2D eigenvalue weighted by Gasteiger charge is 2.31. The van der Waals surface area contributed by atoms with Gasteiger partial charge in [-0.2, -0.15) is 0 Å². The number of piperazine rings is 1. The Labute approximate surface area is 145 Å². The van der Waals surface area contributed by atoms with E-state index in [0.717, 1.165) is 5.56 Å². The van der Waals surface area contributed by atoms with E-state index in [1.807, 2.05) is 4.90 Å². The highest BCUT2D eigenvalue weighted by atomic mass is 19.1. The van der Waals surface area contributed by atoms with Crippen LogP contribution in [0.3, 0.4) is 0 Å². The Kier molecular flexibility index (Phi) is 6.88. The molecule has 1 heterocycles. The Balaban J connectivity index is 1.91. The number of carbonyl (C=O) groups excluding carboxylic acids is 3. The highest BCUT2D eigenvalue weighted by molar-refractivity contribution is 5.88. The summed E-state index contributed by atoms with van der Waals surface area (Å²) in [6.07, 6.45) is 0.0151. The molecule has 1 fully saturated rings. The van der Waals surface area contributed by atoms with Gasteiger partial charge in [-0.25, -0.2) is 4.39 Å². The molecule has 25 heavy (non-hydrogen) atoms. The van der Waals surface area contributed by atoms with Crippen LogP contribution in [-0.4, -0.2) is 54.8 Å². The van der Waals surface area contributed by atoms with Crippen LogP contribution in [0.1, 0.15) is 18.9 Å². The van der Waals surface area contributed by atoms with Gasteiger partial charge in [0.15, 0.2) is 0 Å². The molecule has 1 saturated heterocycles. The van der Waals surface area contributed by atoms with E-state index < -0.39 is 6.04 Å². The van der Waals surface area contributed by atoms with Crippen molar-refractivity contribution in [3.05, 3.63) is 35.6 Å². The van der Waals surface area contributed by atoms with Crippen molar-refractivity contribution in [2.45, 2.75) is 25.9 Å². The minimum Gasteiger partial charge on any atom is -0.355 e. The van der Waals surface area contributed by atoms with E-state index in [4.69, 9.17) is 0 Å². The van der Waals surface area contributed by atoms with Gasteiger partial charge in [-0.15, -0.1) is 0 Å². The van der Waals surface area contributed by atoms with E-state index in [1.165, 1.54) is 19.1 Å². The molecular weight excluding hydrogens is 327 g/mol. The Morgan fingerprint density at radius 3 is 2.80 bits per heavy atom. The molecule has 7 nitrogen and oxygen atoms in total. The molecule has 0 aliphatic carbocycles. The van der Waals surface area contributed by atoms with E-state index in [-0.39, 0.29) is 30.0 Å². The number of rotatable bonds is 7. The first-order chi connectivity index (χ1) is 12.0. The van der Waals surface area contributed by atoms with Gasteiger partial charge in [0.25, 0.3) is 0 Å². The quantitative estimate of drug-likeness (QED) is 0.593. The van der Waals surface area contributed by atoms with Crippen molar-refractivity contribution in [3.63, 3.8) is 0 Å². The molecule has 0 radical (unpaired) electrons. The first kappa shape index (κ1) is 18.9. The van der Waals surface area contributed by atoms with Crippen molar-refractivity contribution in [1.29, 1.82) is 0 Å². The lowest BCUT2D eigenvalue weighted by molar-refractivity contribution is -0.134. The van der Waals surface area contributed by atoms with Gasteiger partial charge in [0, 0.05) is 39.6 Å². The number of hydrogen-bond acceptors (Lipinski definition) is 4. The summed E-state index contributed by atoms with van der Waals surface area (Å²) < 4.78 is 13.3. The fraction of sp³-hybridized carbons (Fsp3) is 0.471. The normalized spacial score (nSPS) is 17.7. The third-order valence-corrected chi connectivity index (χ3v) is 3.92. The molecule has 0 saturated carbocycles. The predicted molar refractivity (Wildman–Crippen MR) is 89.9 cm³/mol. The van der Waals surface area contributed by atoms with Gasteiger partial charge < -0.3 is 16.0 Å². The van der Waals surface area contributed by atoms with Crippen LogP contribution in [0.15, 0.2) is 24.3 Å². The van der Waals surface area contributed by atoms with Gasteiger partial charge in [0.05, 0.1) is 12.5 Å². The summed E-state index contributed by atoms with van der Waals surface area (Å²) in [5.74, 6) is -0.968. The van der Waals surface area contributed by atoms with Crippen LogP contribution in [0.5, 0.6) is 0 Å². The third-order valence-electron chi connectivity index (χ3n) is 3.92. The summed E-state index contributed by atoms with van der Waals surface area (Å²) in [4.78, 5) is 36.9. The number of nitrogens with zero attached hydrogens (tertiary/aromatic N) is 1. The second-order valence-electron chi connectivity index (χ2n) is 5.94. The highest BCUT2D eigenvalue weighted by Crippen LogP contribution is 2.14. The SMILES string of the molecule is CC(=O)NCCNC(=O)C[C@@H]1C(=O)NCCN1Cc1cccc(F)c1. The molecule has 1 atom stereocenters. The maximum Gasteiger partial charge on any atom is 0.237 e. The van der Waals surface area contributed by atoms with Crippen LogP contribution in [0.25, 0.3) is 0 Å². The average molecular weight is 350 g/mol. The standard InChI is InChI=1S/C17H23FN4O3/c1-12(23)19-5-6-20-16(24)10-15-17(25)21-7-8-22(15)11-13-3-2-4-14(18)9-13/h2-4,9,15H,5-8,10-11H2,1H3,(H,19,23)(H,20,24)(H,21,25)/t15-/m1/s1. The lowest BCUT2D eigenvalue weighted by atomic mass is 10.1. The molecule has 2 rings (SSSR count). The lowest BCUT2D eigenvalue weighted by Crippen LogP contribution is -2.56. The monoisotopic (exact) mass is 350 g/mol. The zero-order valence-corrected chi connectivity index (χ0v) is 14.2. The average Bonchev–Trinajstić information content (AvgIpc) is 2.55. The summed E-state index contributed by atoms with van der Waals surface area (Å²) in [5.41, 5.74) is 0.755. The molecule has 0 aromatic heterocycles. The molecule has 3 amide bonds. The second kappa shape index (κ2) is 9.12. The Morgan fingerprint density at radius 1 is 1.32 bits per heavy atom. The van der Waals surface area contributed by atoms with Crippen molar-refractivity contribution >= 4 is 17.7 Å². The van der Waals surface area contributed by atoms with E-state index in [9.17, 15) is 18.8 Å². The molecule has 0 bridgehead atoms. The second-order valence-corrected chi connectivity index (χ2v) is 5.94. The fourth-order valence-corrected chi connectivity index (χ4v) is 2.73. The molecule has 1 aliphatic rings. The first-order valence-corrected chi connectivity index (χ1v) is 8.23. The number of amides is 3. The van der Waals surface area contributed by atoms with Gasteiger partial charge in [-0.3, -0.25) is 19.3 Å². The topological polar surface area (TPSA) is 90.5 Å². The lowest BCUT2D eigenvalue weighted by Gasteiger charge is -2.34. The van der Waals surface area contributed by atoms with Crippen LogP contribution in [0, 0.1) is 5.82 Å². The van der Waals surface area contributed by atoms with E-state index in [1.54, 1.807) is 12.1 Å². The Morgan fingerprint density at radius 2 is 2.08 bits per heavy atom. The number of carbonyl (C=O) groups is 3. The van der Waals surface area contributed by atoms with Crippen molar-refractivity contribution in [2.75, 3.05) is 26.2 Å². The summed E-state index contributed by atoms with van der Waals surface area (Å²) in [6, 6.07) is 5.61. The van der Waals surface area contributed by atoms with E-state index in [2.05, 4.69) is 16.0 Å². The third kappa shape index (κ3) is 6.15. The van der Waals surface area contributed by atoms with Gasteiger partial charge in [-0.1, -0.05) is 12.1 Å². The number of nitrogens with one attached hydrogen (secondary N) is 3. The van der Waals surface area contributed by atoms with Gasteiger partial charge in [0.2, 0.25) is 17.7 Å². The van der Waals surface area contributed by atoms with Crippen molar-refractivity contribution < 1.29 is 18.8 Å². The molecule has 8 heteroatoms. The van der Waals surface area contributed by atoms with Crippen LogP contribution >= 0.6 is 0 Å². The summed E-state index contributed by atoms with van der Waals surface area (Å²) >= 11 is 0. The zero-order chi connectivity index (χ0) is 18.2. The molecule has 3 N–H and O–H groups in total. The molecule has 0 spiro atoms. The predicted octanol–water partition coefficient (Wildman–Crippen LogP) is -0.231. The smallest absolute Gasteiger partial charge is 0.237 e. The maximum absolute atomic E-state index is 13.3. The number of benzene rings is 1. The molecule has 1 aliphatic heterocycles. The van der Waals surface area contributed by atoms with Crippen molar-refractivity contribution in [3.8, 4) is 0 Å². The van der Waals surface area contributed by atoms with E-state index in [0.29, 0.717) is 32.7 Å². The fourth-order valence-electron chi connectivity index (χ4n) is 2.73. The summed E-state index contributed by atoms with van der Waals surface area (Å²) in [5, 5.41) is 8.02. The van der Waals surface area contributed by atoms with Gasteiger partial charge in [-0.05, 0) is 17.7 Å². The van der Waals surface area contributed by atoms with Crippen LogP contribution in [0.2, 0.25) is 0 Å². The Bertz CT molecular complexity index is 638. The van der Waals surface area contributed by atoms with Crippen LogP contribution < -0.4 is 16.0 Å². The molecule has 1 aromatic carbocycles. The molecule has 0 unspecified atom stereocenters. The molecule has 136 valence electrons. The maximum atomic E-state index is 13.3. The number of halogens is 1. The number of hydrogen-bond donors (Lipinski definition) is 3. The molecule has 1 aromatic rings. The summed E-state index contributed by atoms with van der Waals surface area (Å²) in [7, 11) is 0. The van der Waals surface area contributed by atoms with Gasteiger partial charge in [0.1, 0.15) is 5.82 Å². The van der Waals surface area contributed by atoms with Crippen LogP contribution in [-0.2, 0) is 20.9 Å². The molecular formula is C17H23FN4O3. The van der Waals surface area contributed by atoms with Crippen molar-refractivity contribution in [1.82, 2.24) is 20.9 Å². The zero-order valence-electron chi connectivity index (χ0n) is 14.2. The first-order valence-electron chi connectivity index (χ1n) is 8.23. The van der Waals surface area contributed by atoms with E-state index >= 15 is 0 Å². The van der Waals surface area contributed by atoms with Crippen LogP contribution in [0.4, 0.5) is 4.39 Å². The largest absolute Gasteiger partial charge is 0.355 e. The summed E-state index contributed by atoms with van der Waals surface area (Å²) in [6.45, 7) is 3.52. The van der Waals surface area contributed by atoms with Gasteiger partial charge >= 0.3 is 0 Å². The minimum absolute atomic E-state index is 0.0151. The Hall–Kier alpha value is -2.48. The minimum atomic E-state index is -0.599.